The minimum absolute atomic E-state index is 0.687. The fraction of sp³-hybridized carbons (Fsp3) is 0.182. The maximum atomic E-state index is 5.78. The molecular weight excluding hydrogens is 206 g/mol. The number of nitrogens with two attached hydrogens (primary N) is 1. The van der Waals surface area contributed by atoms with Crippen molar-refractivity contribution in [1.82, 2.24) is 4.98 Å². The number of nitrogens with zero attached hydrogens (tertiary/aromatic N) is 1. The van der Waals surface area contributed by atoms with E-state index in [9.17, 15) is 0 Å². The SMILES string of the molecule is Cc1ccsc1CNc1ncccc1N. The molecule has 0 aliphatic heterocycles. The average Bonchev–Trinajstić information content (AvgIpc) is 2.63. The van der Waals surface area contributed by atoms with Crippen LogP contribution in [0.15, 0.2) is 29.8 Å². The van der Waals surface area contributed by atoms with Crippen LogP contribution in [0.1, 0.15) is 10.4 Å². The number of hydrogen-bond donors (Lipinski definition) is 2. The number of thiophene rings is 1. The number of pyridine rings is 1. The van der Waals surface area contributed by atoms with Crippen LogP contribution in [-0.2, 0) is 6.54 Å². The third-order valence-corrected chi connectivity index (χ3v) is 3.25. The van der Waals surface area contributed by atoms with Crippen LogP contribution >= 0.6 is 11.3 Å². The molecule has 15 heavy (non-hydrogen) atoms. The molecule has 3 N–H and O–H groups in total. The zero-order chi connectivity index (χ0) is 10.7. The molecule has 0 aliphatic rings. The quantitative estimate of drug-likeness (QED) is 0.834. The van der Waals surface area contributed by atoms with E-state index >= 15 is 0 Å². The summed E-state index contributed by atoms with van der Waals surface area (Å²) in [4.78, 5) is 5.50. The molecule has 2 rings (SSSR count). The van der Waals surface area contributed by atoms with Gasteiger partial charge in [0.05, 0.1) is 12.2 Å². The highest BCUT2D eigenvalue weighted by Crippen LogP contribution is 2.19. The Labute approximate surface area is 93.0 Å². The second-order valence-corrected chi connectivity index (χ2v) is 4.32. The Morgan fingerprint density at radius 2 is 2.33 bits per heavy atom. The van der Waals surface area contributed by atoms with Gasteiger partial charge in [0.15, 0.2) is 0 Å². The third kappa shape index (κ3) is 2.27. The van der Waals surface area contributed by atoms with E-state index in [-0.39, 0.29) is 0 Å². The van der Waals surface area contributed by atoms with Gasteiger partial charge in [-0.05, 0) is 36.1 Å². The highest BCUT2D eigenvalue weighted by atomic mass is 32.1. The van der Waals surface area contributed by atoms with Gasteiger partial charge < -0.3 is 11.1 Å². The largest absolute Gasteiger partial charge is 0.396 e. The number of nitrogens with one attached hydrogen (secondary N) is 1. The van der Waals surface area contributed by atoms with Crippen molar-refractivity contribution in [3.63, 3.8) is 0 Å². The highest BCUT2D eigenvalue weighted by molar-refractivity contribution is 7.10. The predicted molar refractivity (Wildman–Crippen MR) is 65.0 cm³/mol. The van der Waals surface area contributed by atoms with Crippen LogP contribution in [0.3, 0.4) is 0 Å². The molecular formula is C11H13N3S. The van der Waals surface area contributed by atoms with Crippen molar-refractivity contribution >= 4 is 22.8 Å². The molecule has 0 saturated carbocycles. The van der Waals surface area contributed by atoms with E-state index in [0.717, 1.165) is 12.4 Å². The lowest BCUT2D eigenvalue weighted by atomic mass is 10.3. The lowest BCUT2D eigenvalue weighted by molar-refractivity contribution is 1.13. The van der Waals surface area contributed by atoms with Gasteiger partial charge in [-0.3, -0.25) is 0 Å². The Kier molecular flexibility index (Phi) is 2.87. The summed E-state index contributed by atoms with van der Waals surface area (Å²) in [5, 5.41) is 5.32. The predicted octanol–water partition coefficient (Wildman–Crippen LogP) is 2.65. The molecule has 2 aromatic rings. The summed E-state index contributed by atoms with van der Waals surface area (Å²) in [7, 11) is 0. The summed E-state index contributed by atoms with van der Waals surface area (Å²) in [6.07, 6.45) is 1.74. The van der Waals surface area contributed by atoms with Gasteiger partial charge in [-0.2, -0.15) is 0 Å². The smallest absolute Gasteiger partial charge is 0.149 e. The summed E-state index contributed by atoms with van der Waals surface area (Å²) in [6.45, 7) is 2.89. The van der Waals surface area contributed by atoms with Crippen molar-refractivity contribution in [2.24, 2.45) is 0 Å². The molecule has 0 unspecified atom stereocenters. The maximum Gasteiger partial charge on any atom is 0.149 e. The van der Waals surface area contributed by atoms with E-state index in [2.05, 4.69) is 28.7 Å². The lowest BCUT2D eigenvalue weighted by Gasteiger charge is -2.06. The standard InChI is InChI=1S/C11H13N3S/c1-8-4-6-15-10(8)7-14-11-9(12)3-2-5-13-11/h2-6H,7,12H2,1H3,(H,13,14). The van der Waals surface area contributed by atoms with E-state index < -0.39 is 0 Å². The second kappa shape index (κ2) is 4.31. The first-order valence-corrected chi connectivity index (χ1v) is 5.62. The maximum absolute atomic E-state index is 5.78. The summed E-state index contributed by atoms with van der Waals surface area (Å²) in [6, 6.07) is 5.79. The van der Waals surface area contributed by atoms with Crippen LogP contribution in [0.25, 0.3) is 0 Å². The molecule has 3 nitrogen and oxygen atoms in total. The average molecular weight is 219 g/mol. The molecule has 0 saturated heterocycles. The van der Waals surface area contributed by atoms with Gasteiger partial charge >= 0.3 is 0 Å². The van der Waals surface area contributed by atoms with Crippen molar-refractivity contribution in [2.45, 2.75) is 13.5 Å². The number of aromatic nitrogens is 1. The summed E-state index contributed by atoms with van der Waals surface area (Å²) in [5.74, 6) is 0.755. The van der Waals surface area contributed by atoms with E-state index in [1.165, 1.54) is 10.4 Å². The topological polar surface area (TPSA) is 50.9 Å². The first kappa shape index (κ1) is 9.98. The van der Waals surface area contributed by atoms with Gasteiger partial charge in [-0.15, -0.1) is 11.3 Å². The first-order valence-electron chi connectivity index (χ1n) is 4.74. The van der Waals surface area contributed by atoms with Crippen molar-refractivity contribution < 1.29 is 0 Å². The highest BCUT2D eigenvalue weighted by Gasteiger charge is 2.01. The molecule has 0 amide bonds. The van der Waals surface area contributed by atoms with Crippen molar-refractivity contribution in [1.29, 1.82) is 0 Å². The molecule has 2 heterocycles. The van der Waals surface area contributed by atoms with Gasteiger partial charge in [0.1, 0.15) is 5.82 Å². The van der Waals surface area contributed by atoms with E-state index in [1.807, 2.05) is 12.1 Å². The number of hydrogen-bond acceptors (Lipinski definition) is 4. The minimum atomic E-state index is 0.687. The monoisotopic (exact) mass is 219 g/mol. The second-order valence-electron chi connectivity index (χ2n) is 3.32. The lowest BCUT2D eigenvalue weighted by Crippen LogP contribution is -2.03. The van der Waals surface area contributed by atoms with E-state index in [0.29, 0.717) is 5.69 Å². The minimum Gasteiger partial charge on any atom is -0.396 e. The molecule has 0 radical (unpaired) electrons. The summed E-state index contributed by atoms with van der Waals surface area (Å²) in [5.41, 5.74) is 7.77. The van der Waals surface area contributed by atoms with Gasteiger partial charge in [0, 0.05) is 11.1 Å². The van der Waals surface area contributed by atoms with Gasteiger partial charge in [0.2, 0.25) is 0 Å². The van der Waals surface area contributed by atoms with Crippen LogP contribution in [0.2, 0.25) is 0 Å². The Morgan fingerprint density at radius 3 is 3.00 bits per heavy atom. The van der Waals surface area contributed by atoms with E-state index in [4.69, 9.17) is 5.73 Å². The fourth-order valence-corrected chi connectivity index (χ4v) is 2.16. The molecule has 0 spiro atoms. The first-order chi connectivity index (χ1) is 7.27. The Bertz CT molecular complexity index is 451. The van der Waals surface area contributed by atoms with Crippen molar-refractivity contribution in [2.75, 3.05) is 11.1 Å². The Morgan fingerprint density at radius 1 is 1.47 bits per heavy atom. The third-order valence-electron chi connectivity index (χ3n) is 2.22. The van der Waals surface area contributed by atoms with Crippen LogP contribution in [0.4, 0.5) is 11.5 Å². The summed E-state index contributed by atoms with van der Waals surface area (Å²) >= 11 is 1.74. The normalized spacial score (nSPS) is 10.2. The van der Waals surface area contributed by atoms with Crippen molar-refractivity contribution in [3.05, 3.63) is 40.2 Å². The van der Waals surface area contributed by atoms with Crippen LogP contribution < -0.4 is 11.1 Å². The van der Waals surface area contributed by atoms with Gasteiger partial charge in [-0.1, -0.05) is 0 Å². The zero-order valence-electron chi connectivity index (χ0n) is 8.53. The Hall–Kier alpha value is -1.55. The number of aryl methyl sites for hydroxylation is 1. The van der Waals surface area contributed by atoms with Crippen molar-refractivity contribution in [3.8, 4) is 0 Å². The summed E-state index contributed by atoms with van der Waals surface area (Å²) < 4.78 is 0. The van der Waals surface area contributed by atoms with Gasteiger partial charge in [-0.25, -0.2) is 4.98 Å². The van der Waals surface area contributed by atoms with Gasteiger partial charge in [0.25, 0.3) is 0 Å². The zero-order valence-corrected chi connectivity index (χ0v) is 9.34. The molecule has 0 bridgehead atoms. The van der Waals surface area contributed by atoms with Crippen LogP contribution in [0, 0.1) is 6.92 Å². The number of nitrogen functional groups attached to an aromatic ring is 1. The fourth-order valence-electron chi connectivity index (χ4n) is 1.31. The molecule has 0 aliphatic carbocycles. The molecule has 78 valence electrons. The molecule has 0 atom stereocenters. The molecule has 2 aromatic heterocycles. The Balaban J connectivity index is 2.06. The number of rotatable bonds is 3. The molecule has 0 fully saturated rings. The number of anilines is 2. The van der Waals surface area contributed by atoms with Crippen LogP contribution in [-0.4, -0.2) is 4.98 Å². The molecule has 0 aromatic carbocycles. The van der Waals surface area contributed by atoms with Crippen LogP contribution in [0.5, 0.6) is 0 Å². The van der Waals surface area contributed by atoms with E-state index in [1.54, 1.807) is 17.5 Å². The molecule has 4 heteroatoms.